The smallest absolute Gasteiger partial charge is 0.0468 e. The highest BCUT2D eigenvalue weighted by Gasteiger charge is 2.18. The van der Waals surface area contributed by atoms with Crippen molar-refractivity contribution in [2.24, 2.45) is 0 Å². The second-order valence-electron chi connectivity index (χ2n) is 14.5. The topological polar surface area (TPSA) is 3.24 Å². The zero-order chi connectivity index (χ0) is 38.0. The summed E-state index contributed by atoms with van der Waals surface area (Å²) in [6.45, 7) is 0. The molecule has 0 aliphatic heterocycles. The van der Waals surface area contributed by atoms with Crippen LogP contribution in [0.1, 0.15) is 0 Å². The molecule has 0 atom stereocenters. The SMILES string of the molecule is c1ccc(-c2ccc(-c3ccc(N(c4ccc(-c5ccccc5)cc4)c4ccc(-c5cc6ccccc6c6ccccc56)cc4)cc3-c3ccccc3)cc2)cc1. The number of hydrogen-bond acceptors (Lipinski definition) is 1. The third-order valence-corrected chi connectivity index (χ3v) is 11.1. The van der Waals surface area contributed by atoms with Crippen molar-refractivity contribution in [3.8, 4) is 55.6 Å². The molecule has 0 unspecified atom stereocenters. The van der Waals surface area contributed by atoms with Crippen LogP contribution in [0.25, 0.3) is 77.2 Å². The Labute approximate surface area is 334 Å². The average Bonchev–Trinajstić information content (AvgIpc) is 3.30. The fourth-order valence-electron chi connectivity index (χ4n) is 8.22. The fourth-order valence-corrected chi connectivity index (χ4v) is 8.22. The summed E-state index contributed by atoms with van der Waals surface area (Å²) >= 11 is 0. The molecule has 0 bridgehead atoms. The summed E-state index contributed by atoms with van der Waals surface area (Å²) in [5.74, 6) is 0. The Bertz CT molecular complexity index is 2950. The molecular formula is C56H39N. The van der Waals surface area contributed by atoms with Crippen LogP contribution in [0.2, 0.25) is 0 Å². The molecule has 0 aliphatic rings. The molecule has 0 amide bonds. The van der Waals surface area contributed by atoms with E-state index in [1.165, 1.54) is 77.2 Å². The van der Waals surface area contributed by atoms with Crippen molar-refractivity contribution in [2.75, 3.05) is 4.90 Å². The van der Waals surface area contributed by atoms with Gasteiger partial charge in [0.15, 0.2) is 0 Å². The number of hydrogen-bond donors (Lipinski definition) is 0. The normalized spacial score (nSPS) is 11.2. The first kappa shape index (κ1) is 34.0. The van der Waals surface area contributed by atoms with E-state index in [-0.39, 0.29) is 0 Å². The van der Waals surface area contributed by atoms with E-state index in [0.717, 1.165) is 17.1 Å². The molecule has 0 saturated heterocycles. The van der Waals surface area contributed by atoms with Crippen LogP contribution in [-0.4, -0.2) is 0 Å². The minimum Gasteiger partial charge on any atom is -0.310 e. The predicted octanol–water partition coefficient (Wildman–Crippen LogP) is 15.8. The summed E-state index contributed by atoms with van der Waals surface area (Å²) in [6, 6.07) is 85.6. The first-order chi connectivity index (χ1) is 28.3. The van der Waals surface area contributed by atoms with Crippen LogP contribution >= 0.6 is 0 Å². The molecule has 1 nitrogen and oxygen atoms in total. The molecule has 57 heavy (non-hydrogen) atoms. The van der Waals surface area contributed by atoms with Crippen molar-refractivity contribution in [1.82, 2.24) is 0 Å². The Balaban J connectivity index is 1.10. The van der Waals surface area contributed by atoms with Gasteiger partial charge in [0.1, 0.15) is 0 Å². The maximum Gasteiger partial charge on any atom is 0.0468 e. The molecule has 0 heterocycles. The van der Waals surface area contributed by atoms with E-state index < -0.39 is 0 Å². The van der Waals surface area contributed by atoms with Gasteiger partial charge in [0.05, 0.1) is 0 Å². The Morgan fingerprint density at radius 2 is 0.596 bits per heavy atom. The van der Waals surface area contributed by atoms with Gasteiger partial charge in [-0.05, 0) is 120 Å². The van der Waals surface area contributed by atoms with Gasteiger partial charge in [-0.1, -0.05) is 194 Å². The van der Waals surface area contributed by atoms with Gasteiger partial charge < -0.3 is 4.90 Å². The maximum atomic E-state index is 2.38. The number of fused-ring (bicyclic) bond motifs is 3. The minimum absolute atomic E-state index is 1.09. The van der Waals surface area contributed by atoms with Crippen LogP contribution in [0.3, 0.4) is 0 Å². The van der Waals surface area contributed by atoms with Crippen LogP contribution in [0.5, 0.6) is 0 Å². The second kappa shape index (κ2) is 15.0. The van der Waals surface area contributed by atoms with Gasteiger partial charge in [0.25, 0.3) is 0 Å². The zero-order valence-electron chi connectivity index (χ0n) is 31.5. The van der Waals surface area contributed by atoms with Crippen molar-refractivity contribution >= 4 is 38.6 Å². The van der Waals surface area contributed by atoms with E-state index in [0.29, 0.717) is 0 Å². The summed E-state index contributed by atoms with van der Waals surface area (Å²) in [7, 11) is 0. The quantitative estimate of drug-likeness (QED) is 0.141. The molecule has 0 spiro atoms. The van der Waals surface area contributed by atoms with Gasteiger partial charge in [-0.3, -0.25) is 0 Å². The first-order valence-corrected chi connectivity index (χ1v) is 19.6. The largest absolute Gasteiger partial charge is 0.310 e. The van der Waals surface area contributed by atoms with Crippen LogP contribution in [-0.2, 0) is 0 Å². The molecule has 0 fully saturated rings. The number of anilines is 3. The molecule has 1 heteroatoms. The Kier molecular flexibility index (Phi) is 8.95. The lowest BCUT2D eigenvalue weighted by atomic mass is 9.92. The minimum atomic E-state index is 1.09. The molecule has 0 aliphatic carbocycles. The van der Waals surface area contributed by atoms with Gasteiger partial charge in [0.2, 0.25) is 0 Å². The predicted molar refractivity (Wildman–Crippen MR) is 243 cm³/mol. The van der Waals surface area contributed by atoms with E-state index in [4.69, 9.17) is 0 Å². The number of benzene rings is 10. The summed E-state index contributed by atoms with van der Waals surface area (Å²) < 4.78 is 0. The molecule has 10 aromatic rings. The molecule has 10 rings (SSSR count). The second-order valence-corrected chi connectivity index (χ2v) is 14.5. The van der Waals surface area contributed by atoms with Crippen molar-refractivity contribution in [3.05, 3.63) is 237 Å². The third kappa shape index (κ3) is 6.66. The van der Waals surface area contributed by atoms with E-state index >= 15 is 0 Å². The summed E-state index contributed by atoms with van der Waals surface area (Å²) in [6.07, 6.45) is 0. The zero-order valence-corrected chi connectivity index (χ0v) is 31.5. The monoisotopic (exact) mass is 725 g/mol. The fraction of sp³-hybridized carbons (Fsp3) is 0. The van der Waals surface area contributed by atoms with Gasteiger partial charge >= 0.3 is 0 Å². The number of rotatable bonds is 8. The lowest BCUT2D eigenvalue weighted by Crippen LogP contribution is -2.10. The Morgan fingerprint density at radius 3 is 1.19 bits per heavy atom. The van der Waals surface area contributed by atoms with Gasteiger partial charge in [0, 0.05) is 17.1 Å². The van der Waals surface area contributed by atoms with Crippen molar-refractivity contribution < 1.29 is 0 Å². The summed E-state index contributed by atoms with van der Waals surface area (Å²) in [5.41, 5.74) is 15.3. The van der Waals surface area contributed by atoms with Gasteiger partial charge in [-0.15, -0.1) is 0 Å². The van der Waals surface area contributed by atoms with Gasteiger partial charge in [-0.2, -0.15) is 0 Å². The van der Waals surface area contributed by atoms with Crippen molar-refractivity contribution in [3.63, 3.8) is 0 Å². The van der Waals surface area contributed by atoms with Crippen molar-refractivity contribution in [1.29, 1.82) is 0 Å². The standard InChI is InChI=1S/C56H39N/c1-4-14-40(15-5-1)42-24-26-45(27-25-42)52-37-36-50(39-56(52)44-18-8-3-9-19-44)57(48-32-28-43(29-33-48)41-16-6-2-7-17-41)49-34-30-46(31-35-49)55-38-47-20-10-11-21-51(47)53-22-12-13-23-54(53)55/h1-39H. The molecule has 0 N–H and O–H groups in total. The molecule has 268 valence electrons. The van der Waals surface area contributed by atoms with E-state index in [2.05, 4.69) is 241 Å². The average molecular weight is 726 g/mol. The Morgan fingerprint density at radius 1 is 0.211 bits per heavy atom. The highest BCUT2D eigenvalue weighted by Crippen LogP contribution is 2.43. The molecule has 0 radical (unpaired) electrons. The summed E-state index contributed by atoms with van der Waals surface area (Å²) in [5, 5.41) is 5.07. The van der Waals surface area contributed by atoms with Gasteiger partial charge in [-0.25, -0.2) is 0 Å². The van der Waals surface area contributed by atoms with Crippen LogP contribution < -0.4 is 4.90 Å². The van der Waals surface area contributed by atoms with E-state index in [1.807, 2.05) is 0 Å². The van der Waals surface area contributed by atoms with E-state index in [9.17, 15) is 0 Å². The van der Waals surface area contributed by atoms with Crippen molar-refractivity contribution in [2.45, 2.75) is 0 Å². The van der Waals surface area contributed by atoms with Crippen LogP contribution in [0, 0.1) is 0 Å². The lowest BCUT2D eigenvalue weighted by Gasteiger charge is -2.27. The van der Waals surface area contributed by atoms with Crippen LogP contribution in [0.4, 0.5) is 17.1 Å². The molecular weight excluding hydrogens is 687 g/mol. The highest BCUT2D eigenvalue weighted by molar-refractivity contribution is 6.13. The Hall–Kier alpha value is -7.48. The lowest BCUT2D eigenvalue weighted by molar-refractivity contribution is 1.28. The first-order valence-electron chi connectivity index (χ1n) is 19.6. The maximum absolute atomic E-state index is 2.38. The summed E-state index contributed by atoms with van der Waals surface area (Å²) in [4.78, 5) is 2.38. The molecule has 0 aromatic heterocycles. The highest BCUT2D eigenvalue weighted by atomic mass is 15.1. The molecule has 10 aromatic carbocycles. The molecule has 0 saturated carbocycles. The third-order valence-electron chi connectivity index (χ3n) is 11.1. The van der Waals surface area contributed by atoms with Crippen LogP contribution in [0.15, 0.2) is 237 Å². The number of nitrogens with zero attached hydrogens (tertiary/aromatic N) is 1. The van der Waals surface area contributed by atoms with E-state index in [1.54, 1.807) is 0 Å².